The van der Waals surface area contributed by atoms with E-state index in [9.17, 15) is 18.0 Å². The zero-order valence-electron chi connectivity index (χ0n) is 24.8. The standard InChI is InChI=1S/C31H45N3O6S/c1-5-29(31(36)32-25-13-8-7-9-14-25)33(23-24-12-10-15-28(22-24)39-3)30(35)16-11-21-34(41(4,37)38)26-17-19-27(20-18-26)40-6-2/h10,12,15,17-20,22,25,29H,5-9,11,13-14,16,21,23H2,1-4H3,(H,32,36)/t29-/m0/s1. The van der Waals surface area contributed by atoms with Crippen molar-refractivity contribution in [2.45, 2.75) is 83.8 Å². The molecule has 1 fully saturated rings. The lowest BCUT2D eigenvalue weighted by atomic mass is 9.95. The summed E-state index contributed by atoms with van der Waals surface area (Å²) in [6, 6.07) is 13.8. The van der Waals surface area contributed by atoms with E-state index in [4.69, 9.17) is 9.47 Å². The average Bonchev–Trinajstić information content (AvgIpc) is 2.96. The lowest BCUT2D eigenvalue weighted by molar-refractivity contribution is -0.141. The summed E-state index contributed by atoms with van der Waals surface area (Å²) in [5, 5.41) is 3.19. The van der Waals surface area contributed by atoms with Crippen LogP contribution in [0.3, 0.4) is 0 Å². The molecule has 1 N–H and O–H groups in total. The Bertz CT molecular complexity index is 1230. The molecule has 10 heteroatoms. The summed E-state index contributed by atoms with van der Waals surface area (Å²) in [4.78, 5) is 28.8. The van der Waals surface area contributed by atoms with Crippen molar-refractivity contribution in [3.8, 4) is 11.5 Å². The molecule has 0 bridgehead atoms. The fourth-order valence-corrected chi connectivity index (χ4v) is 6.28. The molecule has 0 unspecified atom stereocenters. The Morgan fingerprint density at radius 3 is 2.34 bits per heavy atom. The Morgan fingerprint density at radius 2 is 1.73 bits per heavy atom. The monoisotopic (exact) mass is 587 g/mol. The number of hydrogen-bond acceptors (Lipinski definition) is 6. The van der Waals surface area contributed by atoms with Crippen molar-refractivity contribution in [3.63, 3.8) is 0 Å². The van der Waals surface area contributed by atoms with Crippen LogP contribution >= 0.6 is 0 Å². The maximum absolute atomic E-state index is 13.7. The van der Waals surface area contributed by atoms with Gasteiger partial charge in [-0.3, -0.25) is 13.9 Å². The molecule has 9 nitrogen and oxygen atoms in total. The molecule has 0 heterocycles. The van der Waals surface area contributed by atoms with Gasteiger partial charge in [-0.25, -0.2) is 8.42 Å². The normalized spacial score (nSPS) is 14.6. The van der Waals surface area contributed by atoms with Crippen molar-refractivity contribution >= 4 is 27.5 Å². The van der Waals surface area contributed by atoms with Crippen molar-refractivity contribution in [2.24, 2.45) is 0 Å². The minimum Gasteiger partial charge on any atom is -0.497 e. The van der Waals surface area contributed by atoms with Crippen molar-refractivity contribution in [1.29, 1.82) is 0 Å². The van der Waals surface area contributed by atoms with Gasteiger partial charge in [0.2, 0.25) is 21.8 Å². The number of nitrogens with zero attached hydrogens (tertiary/aromatic N) is 2. The second-order valence-electron chi connectivity index (χ2n) is 10.5. The SMILES string of the molecule is CCOc1ccc(N(CCCC(=O)N(Cc2cccc(OC)c2)[C@@H](CC)C(=O)NC2CCCCC2)S(C)(=O)=O)cc1. The van der Waals surface area contributed by atoms with Gasteiger partial charge in [-0.05, 0) is 74.6 Å². The van der Waals surface area contributed by atoms with E-state index in [0.29, 0.717) is 36.6 Å². The smallest absolute Gasteiger partial charge is 0.243 e. The Labute approximate surface area is 245 Å². The molecule has 2 aromatic carbocycles. The molecule has 226 valence electrons. The first-order valence-corrected chi connectivity index (χ1v) is 16.4. The fourth-order valence-electron chi connectivity index (χ4n) is 5.31. The summed E-state index contributed by atoms with van der Waals surface area (Å²) >= 11 is 0. The number of hydrogen-bond donors (Lipinski definition) is 1. The van der Waals surface area contributed by atoms with Gasteiger partial charge in [0.1, 0.15) is 17.5 Å². The molecule has 1 aliphatic carbocycles. The van der Waals surface area contributed by atoms with E-state index in [1.807, 2.05) is 38.1 Å². The van der Waals surface area contributed by atoms with Crippen LogP contribution in [0.1, 0.15) is 70.8 Å². The van der Waals surface area contributed by atoms with Crippen LogP contribution in [0.4, 0.5) is 5.69 Å². The minimum atomic E-state index is -3.58. The van der Waals surface area contributed by atoms with E-state index in [0.717, 1.165) is 37.5 Å². The molecular formula is C31H45N3O6S. The number of amides is 2. The topological polar surface area (TPSA) is 105 Å². The van der Waals surface area contributed by atoms with Crippen LogP contribution < -0.4 is 19.1 Å². The number of rotatable bonds is 15. The lowest BCUT2D eigenvalue weighted by Crippen LogP contribution is -2.51. The highest BCUT2D eigenvalue weighted by molar-refractivity contribution is 7.92. The molecule has 0 aromatic heterocycles. The zero-order chi connectivity index (χ0) is 29.8. The number of anilines is 1. The summed E-state index contributed by atoms with van der Waals surface area (Å²) in [6.45, 7) is 4.70. The maximum Gasteiger partial charge on any atom is 0.243 e. The first-order chi connectivity index (χ1) is 19.7. The minimum absolute atomic E-state index is 0.0974. The van der Waals surface area contributed by atoms with Gasteiger partial charge in [-0.1, -0.05) is 38.3 Å². The van der Waals surface area contributed by atoms with Crippen LogP contribution in [-0.2, 0) is 26.2 Å². The number of ether oxygens (including phenoxy) is 2. The molecule has 41 heavy (non-hydrogen) atoms. The predicted molar refractivity (Wildman–Crippen MR) is 162 cm³/mol. The molecule has 0 saturated heterocycles. The number of sulfonamides is 1. The van der Waals surface area contributed by atoms with Crippen LogP contribution in [0, 0.1) is 0 Å². The molecule has 0 aliphatic heterocycles. The van der Waals surface area contributed by atoms with Gasteiger partial charge in [-0.15, -0.1) is 0 Å². The quantitative estimate of drug-likeness (QED) is 0.318. The van der Waals surface area contributed by atoms with Gasteiger partial charge < -0.3 is 19.7 Å². The molecule has 0 spiro atoms. The van der Waals surface area contributed by atoms with E-state index in [1.165, 1.54) is 10.7 Å². The summed E-state index contributed by atoms with van der Waals surface area (Å²) in [5.74, 6) is 1.00. The van der Waals surface area contributed by atoms with Crippen molar-refractivity contribution < 1.29 is 27.5 Å². The predicted octanol–water partition coefficient (Wildman–Crippen LogP) is 4.90. The molecule has 0 radical (unpaired) electrons. The molecule has 1 aliphatic rings. The highest BCUT2D eigenvalue weighted by atomic mass is 32.2. The number of methoxy groups -OCH3 is 1. The summed E-state index contributed by atoms with van der Waals surface area (Å²) in [7, 11) is -1.99. The Morgan fingerprint density at radius 1 is 1.02 bits per heavy atom. The van der Waals surface area contributed by atoms with Gasteiger partial charge in [0.05, 0.1) is 25.7 Å². The van der Waals surface area contributed by atoms with Crippen molar-refractivity contribution in [3.05, 3.63) is 54.1 Å². The molecular weight excluding hydrogens is 542 g/mol. The van der Waals surface area contributed by atoms with E-state index in [-0.39, 0.29) is 37.4 Å². The largest absolute Gasteiger partial charge is 0.497 e. The van der Waals surface area contributed by atoms with E-state index < -0.39 is 16.1 Å². The highest BCUT2D eigenvalue weighted by Crippen LogP contribution is 2.24. The number of benzene rings is 2. The Kier molecular flexibility index (Phi) is 12.3. The Balaban J connectivity index is 1.76. The van der Waals surface area contributed by atoms with Crippen LogP contribution in [0.2, 0.25) is 0 Å². The first kappa shape index (κ1) is 32.2. The molecule has 1 atom stereocenters. The third-order valence-electron chi connectivity index (χ3n) is 7.41. The summed E-state index contributed by atoms with van der Waals surface area (Å²) in [5.41, 5.74) is 1.36. The van der Waals surface area contributed by atoms with Gasteiger partial charge in [0, 0.05) is 25.6 Å². The first-order valence-electron chi connectivity index (χ1n) is 14.6. The van der Waals surface area contributed by atoms with Crippen LogP contribution in [0.5, 0.6) is 11.5 Å². The van der Waals surface area contributed by atoms with Gasteiger partial charge in [-0.2, -0.15) is 0 Å². The fraction of sp³-hybridized carbons (Fsp3) is 0.548. The van der Waals surface area contributed by atoms with E-state index in [1.54, 1.807) is 36.3 Å². The summed E-state index contributed by atoms with van der Waals surface area (Å²) in [6.07, 6.45) is 7.31. The summed E-state index contributed by atoms with van der Waals surface area (Å²) < 4.78 is 37.4. The molecule has 2 aromatic rings. The lowest BCUT2D eigenvalue weighted by Gasteiger charge is -2.33. The van der Waals surface area contributed by atoms with Crippen molar-refractivity contribution in [2.75, 3.05) is 30.8 Å². The second-order valence-corrected chi connectivity index (χ2v) is 12.4. The molecule has 1 saturated carbocycles. The zero-order valence-corrected chi connectivity index (χ0v) is 25.6. The number of nitrogens with one attached hydrogen (secondary N) is 1. The van der Waals surface area contributed by atoms with Crippen molar-refractivity contribution in [1.82, 2.24) is 10.2 Å². The number of carbonyl (C=O) groups excluding carboxylic acids is 2. The molecule has 3 rings (SSSR count). The maximum atomic E-state index is 13.7. The highest BCUT2D eigenvalue weighted by Gasteiger charge is 2.30. The third-order valence-corrected chi connectivity index (χ3v) is 8.61. The van der Waals surface area contributed by atoms with Crippen LogP contribution in [0.25, 0.3) is 0 Å². The van der Waals surface area contributed by atoms with E-state index >= 15 is 0 Å². The second kappa shape index (κ2) is 15.7. The van der Waals surface area contributed by atoms with Gasteiger partial charge in [0.25, 0.3) is 0 Å². The number of carbonyl (C=O) groups is 2. The average molecular weight is 588 g/mol. The third kappa shape index (κ3) is 9.66. The van der Waals surface area contributed by atoms with Crippen LogP contribution in [0.15, 0.2) is 48.5 Å². The molecule has 2 amide bonds. The van der Waals surface area contributed by atoms with Crippen LogP contribution in [-0.4, -0.2) is 63.7 Å². The van der Waals surface area contributed by atoms with E-state index in [2.05, 4.69) is 5.32 Å². The van der Waals surface area contributed by atoms with Gasteiger partial charge >= 0.3 is 0 Å². The van der Waals surface area contributed by atoms with Gasteiger partial charge in [0.15, 0.2) is 0 Å². The Hall–Kier alpha value is -3.27.